The number of fused-ring (bicyclic) bond motifs is 2. The van der Waals surface area contributed by atoms with Crippen LogP contribution in [0.2, 0.25) is 0 Å². The molecule has 21 nitrogen and oxygen atoms in total. The van der Waals surface area contributed by atoms with E-state index >= 15 is 0 Å². The van der Waals surface area contributed by atoms with Gasteiger partial charge in [0.2, 0.25) is 11.6 Å². The quantitative estimate of drug-likeness (QED) is 0.0347. The van der Waals surface area contributed by atoms with Gasteiger partial charge in [0, 0.05) is 22.5 Å². The molecule has 0 fully saturated rings. The van der Waals surface area contributed by atoms with Crippen molar-refractivity contribution in [2.24, 2.45) is 20.4 Å². The number of hydrazone groups is 2. The van der Waals surface area contributed by atoms with Crippen molar-refractivity contribution in [1.82, 2.24) is 0 Å². The molecule has 2 aliphatic carbocycles. The van der Waals surface area contributed by atoms with Crippen molar-refractivity contribution in [3.63, 3.8) is 0 Å². The molecule has 0 atom stereocenters. The average molecular weight is 912 g/mol. The third-order valence-electron chi connectivity index (χ3n) is 9.15. The first-order valence-electron chi connectivity index (χ1n) is 17.7. The molecule has 1 amide bonds. The van der Waals surface area contributed by atoms with Gasteiger partial charge in [0.1, 0.15) is 26.1 Å². The Hall–Kier alpha value is -7.74. The van der Waals surface area contributed by atoms with Gasteiger partial charge in [-0.05, 0) is 96.6 Å². The number of benzene rings is 5. The second-order valence-corrected chi connectivity index (χ2v) is 17.5. The highest BCUT2D eigenvalue weighted by Crippen LogP contribution is 2.41. The van der Waals surface area contributed by atoms with Gasteiger partial charge in [-0.1, -0.05) is 24.3 Å². The first kappa shape index (κ1) is 43.4. The third kappa shape index (κ3) is 9.15. The summed E-state index contributed by atoms with van der Waals surface area (Å²) in [6.07, 6.45) is 3.32. The summed E-state index contributed by atoms with van der Waals surface area (Å²) >= 11 is 0. The Labute approximate surface area is 356 Å². The van der Waals surface area contributed by atoms with Crippen LogP contribution in [-0.4, -0.2) is 67.8 Å². The number of ketones is 2. The maximum absolute atomic E-state index is 13.7. The number of hydrogen-bond acceptors (Lipinski definition) is 17. The molecule has 63 heavy (non-hydrogen) atoms. The summed E-state index contributed by atoms with van der Waals surface area (Å²) in [7, 11) is -14.9. The number of carbonyl (C=O) groups excluding carboxylic acids is 3. The molecule has 24 heteroatoms. The Morgan fingerprint density at radius 2 is 1.24 bits per heavy atom. The highest BCUT2D eigenvalue weighted by Gasteiger charge is 2.37. The highest BCUT2D eigenvalue weighted by molar-refractivity contribution is 7.91. The number of nitrogens with two attached hydrogens (primary N) is 2. The van der Waals surface area contributed by atoms with Gasteiger partial charge in [-0.3, -0.25) is 38.9 Å². The number of azo groups is 1. The number of para-hydroxylation sites is 1. The molecule has 0 heterocycles. The van der Waals surface area contributed by atoms with Crippen LogP contribution < -0.4 is 27.6 Å². The molecular formula is C39H29N9O12S3. The van der Waals surface area contributed by atoms with Crippen LogP contribution in [0.3, 0.4) is 0 Å². The summed E-state index contributed by atoms with van der Waals surface area (Å²) in [6.45, 7) is 0. The van der Waals surface area contributed by atoms with E-state index in [0.717, 1.165) is 18.2 Å². The molecule has 0 radical (unpaired) electrons. The van der Waals surface area contributed by atoms with Gasteiger partial charge in [0.25, 0.3) is 36.3 Å². The fourth-order valence-electron chi connectivity index (χ4n) is 6.19. The van der Waals surface area contributed by atoms with Crippen LogP contribution in [-0.2, 0) is 30.4 Å². The summed E-state index contributed by atoms with van der Waals surface area (Å²) in [5, 5.41) is 18.5. The van der Waals surface area contributed by atoms with Crippen LogP contribution in [0.25, 0.3) is 12.2 Å². The number of Topliss-reactive ketones (excluding diaryl/α,β-unsaturated/α-hetero) is 2. The largest absolute Gasteiger partial charge is 0.398 e. The second kappa shape index (κ2) is 16.6. The smallest absolute Gasteiger partial charge is 0.296 e. The predicted octanol–water partition coefficient (Wildman–Crippen LogP) is 5.58. The number of rotatable bonds is 11. The van der Waals surface area contributed by atoms with Crippen LogP contribution in [0.4, 0.5) is 39.8 Å². The minimum atomic E-state index is -5.14. The molecule has 5 aromatic carbocycles. The van der Waals surface area contributed by atoms with E-state index in [4.69, 9.17) is 11.5 Å². The standard InChI is InChI=1S/C39H29N9O12S3/c40-27-15-17-29(61(52,53)54)26-14-16-28(37(49)33(26)27)46-43-25-12-10-22(11-13-25)42-39(51)20-6-8-24(9-7-20)45-47-35-30(62(55,56)57)18-21-19-31(63(58,59)60)36(38(50)32(21)34(35)41)48-44-23-4-2-1-3-5-23/h1-19,43-44H,40-41H2,(H,42,51)(H,52,53,54)(H,55,56,57)(H,58,59,60). The zero-order valence-electron chi connectivity index (χ0n) is 31.7. The van der Waals surface area contributed by atoms with Gasteiger partial charge in [-0.25, -0.2) is 0 Å². The van der Waals surface area contributed by atoms with E-state index in [9.17, 15) is 53.3 Å². The van der Waals surface area contributed by atoms with E-state index in [1.165, 1.54) is 54.6 Å². The van der Waals surface area contributed by atoms with Crippen molar-refractivity contribution in [2.75, 3.05) is 27.6 Å². The van der Waals surface area contributed by atoms with Crippen molar-refractivity contribution in [1.29, 1.82) is 0 Å². The van der Waals surface area contributed by atoms with Gasteiger partial charge in [-0.15, -0.1) is 5.11 Å². The maximum Gasteiger partial charge on any atom is 0.296 e. The van der Waals surface area contributed by atoms with Crippen molar-refractivity contribution >= 4 is 111 Å². The third-order valence-corrected chi connectivity index (χ3v) is 11.8. The number of nitrogens with one attached hydrogen (secondary N) is 3. The molecule has 0 aromatic heterocycles. The molecular weight excluding hydrogens is 883 g/mol. The summed E-state index contributed by atoms with van der Waals surface area (Å²) in [5.41, 5.74) is 15.4. The first-order chi connectivity index (χ1) is 29.7. The van der Waals surface area contributed by atoms with Gasteiger partial charge in [0.05, 0.1) is 33.9 Å². The van der Waals surface area contributed by atoms with E-state index < -0.39 is 90.7 Å². The molecule has 7 rings (SSSR count). The molecule has 0 aliphatic heterocycles. The lowest BCUT2D eigenvalue weighted by Gasteiger charge is -2.20. The molecule has 0 spiro atoms. The Kier molecular flexibility index (Phi) is 11.4. The van der Waals surface area contributed by atoms with Crippen molar-refractivity contribution in [3.05, 3.63) is 136 Å². The van der Waals surface area contributed by atoms with E-state index in [2.05, 4.69) is 36.6 Å². The fraction of sp³-hybridized carbons (Fsp3) is 0. The number of carbonyl (C=O) groups is 3. The van der Waals surface area contributed by atoms with Crippen LogP contribution in [0.15, 0.2) is 138 Å². The second-order valence-electron chi connectivity index (χ2n) is 13.3. The minimum absolute atomic E-state index is 0.0127. The van der Waals surface area contributed by atoms with Crippen LogP contribution in [0.5, 0.6) is 0 Å². The summed E-state index contributed by atoms with van der Waals surface area (Å²) < 4.78 is 103. The monoisotopic (exact) mass is 911 g/mol. The van der Waals surface area contributed by atoms with Crippen LogP contribution >= 0.6 is 0 Å². The topological polar surface area (TPSA) is 352 Å². The molecule has 0 bridgehead atoms. The fourth-order valence-corrected chi connectivity index (χ4v) is 8.21. The van der Waals surface area contributed by atoms with E-state index in [-0.39, 0.29) is 33.8 Å². The Morgan fingerprint density at radius 1 is 0.619 bits per heavy atom. The zero-order chi connectivity index (χ0) is 45.4. The molecule has 5 aromatic rings. The van der Waals surface area contributed by atoms with E-state index in [1.807, 2.05) is 0 Å². The van der Waals surface area contributed by atoms with Gasteiger partial charge < -0.3 is 16.8 Å². The lowest BCUT2D eigenvalue weighted by molar-refractivity contribution is 0.102. The highest BCUT2D eigenvalue weighted by atomic mass is 32.2. The van der Waals surface area contributed by atoms with E-state index in [0.29, 0.717) is 17.1 Å². The first-order valence-corrected chi connectivity index (χ1v) is 22.0. The summed E-state index contributed by atoms with van der Waals surface area (Å²) in [5.74, 6) is -2.38. The molecule has 10 N–H and O–H groups in total. The number of nitrogen functional groups attached to an aromatic ring is 2. The van der Waals surface area contributed by atoms with E-state index in [1.54, 1.807) is 42.5 Å². The predicted molar refractivity (Wildman–Crippen MR) is 232 cm³/mol. The van der Waals surface area contributed by atoms with Crippen LogP contribution in [0.1, 0.15) is 42.2 Å². The number of allylic oxidation sites excluding steroid dienone is 2. The van der Waals surface area contributed by atoms with Gasteiger partial charge in [0.15, 0.2) is 5.71 Å². The summed E-state index contributed by atoms with van der Waals surface area (Å²) in [6, 6.07) is 22.6. The average Bonchev–Trinajstić information content (AvgIpc) is 3.22. The van der Waals surface area contributed by atoms with Gasteiger partial charge >= 0.3 is 0 Å². The molecule has 0 saturated carbocycles. The Morgan fingerprint density at radius 3 is 1.87 bits per heavy atom. The number of hydrogen-bond donors (Lipinski definition) is 8. The Balaban J connectivity index is 1.06. The molecule has 0 saturated heterocycles. The number of nitrogens with zero attached hydrogens (tertiary/aromatic N) is 4. The van der Waals surface area contributed by atoms with Crippen molar-refractivity contribution in [2.45, 2.75) is 9.79 Å². The maximum atomic E-state index is 13.7. The molecule has 320 valence electrons. The number of amides is 1. The van der Waals surface area contributed by atoms with Gasteiger partial charge in [-0.2, -0.15) is 40.6 Å². The van der Waals surface area contributed by atoms with Crippen LogP contribution in [0, 0.1) is 0 Å². The number of anilines is 5. The normalized spacial score (nSPS) is 15.3. The van der Waals surface area contributed by atoms with Crippen molar-refractivity contribution in [3.8, 4) is 0 Å². The van der Waals surface area contributed by atoms with Crippen molar-refractivity contribution < 1.29 is 53.3 Å². The molecule has 0 unspecified atom stereocenters. The minimum Gasteiger partial charge on any atom is -0.398 e. The Bertz CT molecular complexity index is 3280. The summed E-state index contributed by atoms with van der Waals surface area (Å²) in [4.78, 5) is 37.4. The zero-order valence-corrected chi connectivity index (χ0v) is 34.1. The molecule has 2 aliphatic rings. The lowest BCUT2D eigenvalue weighted by Crippen LogP contribution is -2.28. The SMILES string of the molecule is Nc1ccc(S(=O)(=O)O)c2c1C(=O)C(=NNc1ccc(NC(=O)c3ccc(N=Nc4c(S(=O)(=O)O)cc5c(c4N)C(=O)C(=NNc4ccccc4)C(S(=O)(=O)O)=C5)cc3)cc1)C=C2. The lowest BCUT2D eigenvalue weighted by atomic mass is 9.92.